The van der Waals surface area contributed by atoms with Crippen molar-refractivity contribution in [3.63, 3.8) is 0 Å². The van der Waals surface area contributed by atoms with Crippen LogP contribution >= 0.6 is 0 Å². The molecule has 0 aromatic heterocycles. The first kappa shape index (κ1) is 15.9. The zero-order chi connectivity index (χ0) is 13.4. The van der Waals surface area contributed by atoms with Gasteiger partial charge in [0.15, 0.2) is 0 Å². The summed E-state index contributed by atoms with van der Waals surface area (Å²) in [5.74, 6) is 0. The third-order valence-electron chi connectivity index (χ3n) is 4.33. The van der Waals surface area contributed by atoms with Gasteiger partial charge in [-0.05, 0) is 32.7 Å². The molecule has 0 aliphatic heterocycles. The second kappa shape index (κ2) is 8.89. The van der Waals surface area contributed by atoms with E-state index in [2.05, 4.69) is 31.0 Å². The Hall–Kier alpha value is -0.120. The monoisotopic (exact) mass is 256 g/mol. The fourth-order valence-corrected chi connectivity index (χ4v) is 3.15. The van der Waals surface area contributed by atoms with E-state index in [9.17, 15) is 0 Å². The van der Waals surface area contributed by atoms with Gasteiger partial charge in [0.25, 0.3) is 0 Å². The van der Waals surface area contributed by atoms with Crippen LogP contribution in [-0.4, -0.2) is 49.8 Å². The van der Waals surface area contributed by atoms with Gasteiger partial charge in [-0.3, -0.25) is 4.90 Å². The van der Waals surface area contributed by atoms with Crippen molar-refractivity contribution in [1.29, 1.82) is 0 Å². The number of nitrogens with one attached hydrogen (secondary N) is 1. The summed E-state index contributed by atoms with van der Waals surface area (Å²) >= 11 is 0. The van der Waals surface area contributed by atoms with Crippen molar-refractivity contribution in [3.8, 4) is 0 Å². The summed E-state index contributed by atoms with van der Waals surface area (Å²) in [6.45, 7) is 9.86. The largest absolute Gasteiger partial charge is 0.383 e. The number of hydrogen-bond acceptors (Lipinski definition) is 3. The predicted octanol–water partition coefficient (Wildman–Crippen LogP) is 2.65. The van der Waals surface area contributed by atoms with E-state index in [4.69, 9.17) is 4.74 Å². The van der Waals surface area contributed by atoms with E-state index in [1.165, 1.54) is 32.1 Å². The number of likely N-dealkylation sites (N-methyl/N-ethyl adjacent to an activating group) is 1. The topological polar surface area (TPSA) is 24.5 Å². The molecule has 1 fully saturated rings. The Kier molecular flexibility index (Phi) is 7.87. The van der Waals surface area contributed by atoms with Crippen molar-refractivity contribution < 1.29 is 4.74 Å². The first-order chi connectivity index (χ1) is 8.74. The molecule has 108 valence electrons. The number of rotatable bonds is 8. The standard InChI is InChI=1S/C15H32N2O/c1-5-13(3)17(11-12-18-4)15-10-8-7-9-14(15)16-6-2/h13-16H,5-12H2,1-4H3. The van der Waals surface area contributed by atoms with Crippen LogP contribution in [0.4, 0.5) is 0 Å². The molecule has 0 amide bonds. The van der Waals surface area contributed by atoms with Crippen molar-refractivity contribution >= 4 is 0 Å². The predicted molar refractivity (Wildman–Crippen MR) is 78.1 cm³/mol. The summed E-state index contributed by atoms with van der Waals surface area (Å²) in [6, 6.07) is 2.03. The van der Waals surface area contributed by atoms with Crippen molar-refractivity contribution in [2.75, 3.05) is 26.8 Å². The number of nitrogens with zero attached hydrogens (tertiary/aromatic N) is 1. The van der Waals surface area contributed by atoms with Gasteiger partial charge in [-0.1, -0.05) is 26.7 Å². The van der Waals surface area contributed by atoms with E-state index in [-0.39, 0.29) is 0 Å². The lowest BCUT2D eigenvalue weighted by molar-refractivity contribution is 0.0540. The first-order valence-corrected chi connectivity index (χ1v) is 7.72. The highest BCUT2D eigenvalue weighted by molar-refractivity contribution is 4.89. The van der Waals surface area contributed by atoms with Crippen molar-refractivity contribution in [1.82, 2.24) is 10.2 Å². The van der Waals surface area contributed by atoms with E-state index in [0.29, 0.717) is 18.1 Å². The molecule has 18 heavy (non-hydrogen) atoms. The van der Waals surface area contributed by atoms with E-state index in [1.807, 2.05) is 0 Å². The maximum atomic E-state index is 5.29. The minimum atomic E-state index is 0.657. The maximum absolute atomic E-state index is 5.29. The molecule has 1 aliphatic carbocycles. The van der Waals surface area contributed by atoms with Crippen LogP contribution < -0.4 is 5.32 Å². The average Bonchev–Trinajstić information content (AvgIpc) is 2.40. The molecule has 1 saturated carbocycles. The molecule has 3 unspecified atom stereocenters. The summed E-state index contributed by atoms with van der Waals surface area (Å²) in [6.07, 6.45) is 6.66. The molecule has 0 spiro atoms. The third-order valence-corrected chi connectivity index (χ3v) is 4.33. The number of hydrogen-bond donors (Lipinski definition) is 1. The second-order valence-electron chi connectivity index (χ2n) is 5.50. The highest BCUT2D eigenvalue weighted by atomic mass is 16.5. The smallest absolute Gasteiger partial charge is 0.0589 e. The fraction of sp³-hybridized carbons (Fsp3) is 1.00. The van der Waals surface area contributed by atoms with Gasteiger partial charge in [-0.2, -0.15) is 0 Å². The van der Waals surface area contributed by atoms with Gasteiger partial charge in [-0.15, -0.1) is 0 Å². The fourth-order valence-electron chi connectivity index (χ4n) is 3.15. The van der Waals surface area contributed by atoms with E-state index in [1.54, 1.807) is 7.11 Å². The lowest BCUT2D eigenvalue weighted by Gasteiger charge is -2.43. The summed E-state index contributed by atoms with van der Waals surface area (Å²) < 4.78 is 5.29. The van der Waals surface area contributed by atoms with E-state index in [0.717, 1.165) is 19.7 Å². The lowest BCUT2D eigenvalue weighted by atomic mass is 9.88. The SMILES string of the molecule is CCNC1CCCCC1N(CCOC)C(C)CC. The van der Waals surface area contributed by atoms with Crippen molar-refractivity contribution in [2.45, 2.75) is 71.0 Å². The van der Waals surface area contributed by atoms with Crippen LogP contribution in [0.1, 0.15) is 52.9 Å². The van der Waals surface area contributed by atoms with Gasteiger partial charge in [0.1, 0.15) is 0 Å². The Morgan fingerprint density at radius 2 is 2.00 bits per heavy atom. The minimum absolute atomic E-state index is 0.657. The molecule has 1 aliphatic rings. The van der Waals surface area contributed by atoms with Crippen molar-refractivity contribution in [2.24, 2.45) is 0 Å². The first-order valence-electron chi connectivity index (χ1n) is 7.72. The minimum Gasteiger partial charge on any atom is -0.383 e. The quantitative estimate of drug-likeness (QED) is 0.722. The third kappa shape index (κ3) is 4.52. The van der Waals surface area contributed by atoms with Crippen LogP contribution in [0.2, 0.25) is 0 Å². The number of methoxy groups -OCH3 is 1. The zero-order valence-electron chi connectivity index (χ0n) is 12.7. The molecule has 3 atom stereocenters. The van der Waals surface area contributed by atoms with Crippen LogP contribution in [0, 0.1) is 0 Å². The molecule has 0 bridgehead atoms. The Morgan fingerprint density at radius 3 is 2.61 bits per heavy atom. The highest BCUT2D eigenvalue weighted by Crippen LogP contribution is 2.25. The van der Waals surface area contributed by atoms with Crippen LogP contribution in [0.25, 0.3) is 0 Å². The molecule has 0 aromatic rings. The zero-order valence-corrected chi connectivity index (χ0v) is 12.7. The Morgan fingerprint density at radius 1 is 1.28 bits per heavy atom. The highest BCUT2D eigenvalue weighted by Gasteiger charge is 2.31. The van der Waals surface area contributed by atoms with Crippen molar-refractivity contribution in [3.05, 3.63) is 0 Å². The molecule has 0 heterocycles. The van der Waals surface area contributed by atoms with Crippen LogP contribution in [0.15, 0.2) is 0 Å². The van der Waals surface area contributed by atoms with Gasteiger partial charge < -0.3 is 10.1 Å². The van der Waals surface area contributed by atoms with Gasteiger partial charge in [-0.25, -0.2) is 0 Å². The van der Waals surface area contributed by atoms with Crippen LogP contribution in [0.3, 0.4) is 0 Å². The van der Waals surface area contributed by atoms with Gasteiger partial charge in [0, 0.05) is 31.8 Å². The Bertz CT molecular complexity index is 209. The van der Waals surface area contributed by atoms with E-state index >= 15 is 0 Å². The molecule has 0 saturated heterocycles. The second-order valence-corrected chi connectivity index (χ2v) is 5.50. The average molecular weight is 256 g/mol. The molecule has 1 rings (SSSR count). The normalized spacial score (nSPS) is 26.5. The van der Waals surface area contributed by atoms with E-state index < -0.39 is 0 Å². The Balaban J connectivity index is 2.66. The molecular weight excluding hydrogens is 224 g/mol. The summed E-state index contributed by atoms with van der Waals surface area (Å²) in [4.78, 5) is 2.68. The molecule has 0 aromatic carbocycles. The van der Waals surface area contributed by atoms with Gasteiger partial charge in [0.2, 0.25) is 0 Å². The molecule has 0 radical (unpaired) electrons. The molecular formula is C15H32N2O. The molecule has 3 heteroatoms. The van der Waals surface area contributed by atoms with Crippen LogP contribution in [-0.2, 0) is 4.74 Å². The number of ether oxygens (including phenoxy) is 1. The molecule has 3 nitrogen and oxygen atoms in total. The maximum Gasteiger partial charge on any atom is 0.0589 e. The van der Waals surface area contributed by atoms with Gasteiger partial charge in [0.05, 0.1) is 6.61 Å². The summed E-state index contributed by atoms with van der Waals surface area (Å²) in [7, 11) is 1.80. The summed E-state index contributed by atoms with van der Waals surface area (Å²) in [5.41, 5.74) is 0. The summed E-state index contributed by atoms with van der Waals surface area (Å²) in [5, 5.41) is 3.69. The lowest BCUT2D eigenvalue weighted by Crippen LogP contribution is -2.55. The van der Waals surface area contributed by atoms with Crippen LogP contribution in [0.5, 0.6) is 0 Å². The Labute approximate surface area is 113 Å². The molecule has 1 N–H and O–H groups in total. The van der Waals surface area contributed by atoms with Gasteiger partial charge >= 0.3 is 0 Å².